The molecule has 0 radical (unpaired) electrons. The molecule has 2 N–H and O–H groups in total. The number of likely N-dealkylation sites (N-methyl/N-ethyl adjacent to an activating group) is 1. The fourth-order valence-electron chi connectivity index (χ4n) is 1.12. The molecule has 0 spiro atoms. The molecule has 15 heavy (non-hydrogen) atoms. The second kappa shape index (κ2) is 6.37. The van der Waals surface area contributed by atoms with E-state index in [2.05, 4.69) is 15.6 Å². The normalized spacial score (nSPS) is 10.0. The molecule has 0 atom stereocenters. The Morgan fingerprint density at radius 2 is 2.40 bits per heavy atom. The summed E-state index contributed by atoms with van der Waals surface area (Å²) in [6.45, 7) is 3.37. The fourth-order valence-corrected chi connectivity index (χ4v) is 1.31. The Morgan fingerprint density at radius 3 is 3.07 bits per heavy atom. The van der Waals surface area contributed by atoms with Gasteiger partial charge in [-0.15, -0.1) is 0 Å². The van der Waals surface area contributed by atoms with Crippen molar-refractivity contribution < 1.29 is 4.79 Å². The van der Waals surface area contributed by atoms with Crippen molar-refractivity contribution in [2.75, 3.05) is 13.1 Å². The van der Waals surface area contributed by atoms with Crippen molar-refractivity contribution in [1.29, 1.82) is 0 Å². The number of carbonyl (C=O) groups excluding carboxylic acids is 1. The van der Waals surface area contributed by atoms with Gasteiger partial charge in [-0.1, -0.05) is 17.7 Å². The number of aromatic nitrogens is 1. The van der Waals surface area contributed by atoms with Crippen LogP contribution in [0.15, 0.2) is 18.3 Å². The minimum Gasteiger partial charge on any atom is -0.355 e. The third-order valence-electron chi connectivity index (χ3n) is 1.81. The summed E-state index contributed by atoms with van der Waals surface area (Å²) in [7, 11) is 0. The molecule has 0 saturated heterocycles. The first-order chi connectivity index (χ1) is 7.24. The van der Waals surface area contributed by atoms with Crippen LogP contribution in [0.4, 0.5) is 0 Å². The molecule has 0 aliphatic rings. The first kappa shape index (κ1) is 11.9. The van der Waals surface area contributed by atoms with E-state index >= 15 is 0 Å². The molecule has 1 heterocycles. The average molecular weight is 228 g/mol. The van der Waals surface area contributed by atoms with Crippen LogP contribution in [0, 0.1) is 0 Å². The first-order valence-corrected chi connectivity index (χ1v) is 5.18. The Morgan fingerprint density at radius 1 is 1.60 bits per heavy atom. The van der Waals surface area contributed by atoms with Gasteiger partial charge in [0.1, 0.15) is 5.15 Å². The van der Waals surface area contributed by atoms with Crippen LogP contribution in [0.5, 0.6) is 0 Å². The topological polar surface area (TPSA) is 54.0 Å². The predicted molar refractivity (Wildman–Crippen MR) is 59.6 cm³/mol. The number of halogens is 1. The van der Waals surface area contributed by atoms with E-state index in [-0.39, 0.29) is 5.91 Å². The molecule has 0 unspecified atom stereocenters. The number of carbonyl (C=O) groups is 1. The summed E-state index contributed by atoms with van der Waals surface area (Å²) in [4.78, 5) is 15.0. The van der Waals surface area contributed by atoms with Crippen molar-refractivity contribution in [3.05, 3.63) is 29.0 Å². The zero-order valence-corrected chi connectivity index (χ0v) is 9.34. The molecule has 1 rings (SSSR count). The maximum atomic E-state index is 11.1. The van der Waals surface area contributed by atoms with Crippen molar-refractivity contribution in [3.8, 4) is 0 Å². The number of nitrogens with one attached hydrogen (secondary N) is 2. The number of hydrogen-bond acceptors (Lipinski definition) is 3. The molecule has 0 fully saturated rings. The standard InChI is InChI=1S/C10H14ClN3O/c1-2-13-9(15)7-12-6-8-4-3-5-14-10(8)11/h3-5,12H,2,6-7H2,1H3,(H,13,15). The van der Waals surface area contributed by atoms with Gasteiger partial charge >= 0.3 is 0 Å². The molecule has 1 aromatic heterocycles. The van der Waals surface area contributed by atoms with Crippen LogP contribution in [0.25, 0.3) is 0 Å². The van der Waals surface area contributed by atoms with Gasteiger partial charge in [0.2, 0.25) is 5.91 Å². The predicted octanol–water partition coefficient (Wildman–Crippen LogP) is 0.961. The molecule has 1 amide bonds. The zero-order chi connectivity index (χ0) is 11.1. The molecule has 0 bridgehead atoms. The monoisotopic (exact) mass is 227 g/mol. The number of pyridine rings is 1. The van der Waals surface area contributed by atoms with Gasteiger partial charge < -0.3 is 10.6 Å². The van der Waals surface area contributed by atoms with E-state index in [1.807, 2.05) is 19.1 Å². The highest BCUT2D eigenvalue weighted by atomic mass is 35.5. The van der Waals surface area contributed by atoms with Crippen LogP contribution in [-0.4, -0.2) is 24.0 Å². The fraction of sp³-hybridized carbons (Fsp3) is 0.400. The van der Waals surface area contributed by atoms with Crippen LogP contribution in [-0.2, 0) is 11.3 Å². The van der Waals surface area contributed by atoms with Crippen molar-refractivity contribution in [2.45, 2.75) is 13.5 Å². The quantitative estimate of drug-likeness (QED) is 0.737. The SMILES string of the molecule is CCNC(=O)CNCc1cccnc1Cl. The minimum atomic E-state index is -0.0162. The van der Waals surface area contributed by atoms with Crippen molar-refractivity contribution in [2.24, 2.45) is 0 Å². The largest absolute Gasteiger partial charge is 0.355 e. The molecule has 82 valence electrons. The molecule has 0 aromatic carbocycles. The lowest BCUT2D eigenvalue weighted by atomic mass is 10.3. The molecular weight excluding hydrogens is 214 g/mol. The van der Waals surface area contributed by atoms with E-state index in [0.29, 0.717) is 24.8 Å². The summed E-state index contributed by atoms with van der Waals surface area (Å²) in [5.41, 5.74) is 0.892. The van der Waals surface area contributed by atoms with E-state index in [0.717, 1.165) is 5.56 Å². The summed E-state index contributed by atoms with van der Waals surface area (Å²) in [5.74, 6) is -0.0162. The van der Waals surface area contributed by atoms with E-state index in [1.54, 1.807) is 6.20 Å². The Hall–Kier alpha value is -1.13. The van der Waals surface area contributed by atoms with E-state index in [9.17, 15) is 4.79 Å². The number of nitrogens with zero attached hydrogens (tertiary/aromatic N) is 1. The van der Waals surface area contributed by atoms with Crippen molar-refractivity contribution >= 4 is 17.5 Å². The second-order valence-electron chi connectivity index (χ2n) is 3.01. The summed E-state index contributed by atoms with van der Waals surface area (Å²) in [6.07, 6.45) is 1.63. The highest BCUT2D eigenvalue weighted by molar-refractivity contribution is 6.30. The van der Waals surface area contributed by atoms with Crippen LogP contribution in [0.3, 0.4) is 0 Å². The van der Waals surface area contributed by atoms with E-state index in [4.69, 9.17) is 11.6 Å². The molecule has 1 aromatic rings. The Labute approximate surface area is 94.0 Å². The third-order valence-corrected chi connectivity index (χ3v) is 2.15. The second-order valence-corrected chi connectivity index (χ2v) is 3.37. The van der Waals surface area contributed by atoms with Crippen molar-refractivity contribution in [1.82, 2.24) is 15.6 Å². The number of amides is 1. The first-order valence-electron chi connectivity index (χ1n) is 4.81. The lowest BCUT2D eigenvalue weighted by molar-refractivity contribution is -0.120. The zero-order valence-electron chi connectivity index (χ0n) is 8.59. The van der Waals surface area contributed by atoms with Crippen LogP contribution >= 0.6 is 11.6 Å². The van der Waals surface area contributed by atoms with E-state index < -0.39 is 0 Å². The minimum absolute atomic E-state index is 0.0162. The highest BCUT2D eigenvalue weighted by Gasteiger charge is 2.01. The van der Waals surface area contributed by atoms with Gasteiger partial charge in [-0.05, 0) is 13.0 Å². The smallest absolute Gasteiger partial charge is 0.233 e. The molecule has 0 saturated carbocycles. The maximum Gasteiger partial charge on any atom is 0.233 e. The highest BCUT2D eigenvalue weighted by Crippen LogP contribution is 2.10. The average Bonchev–Trinajstić information content (AvgIpc) is 2.21. The van der Waals surface area contributed by atoms with E-state index in [1.165, 1.54) is 0 Å². The summed E-state index contributed by atoms with van der Waals surface area (Å²) in [5, 5.41) is 6.16. The van der Waals surface area contributed by atoms with Crippen LogP contribution in [0.2, 0.25) is 5.15 Å². The summed E-state index contributed by atoms with van der Waals surface area (Å²) in [6, 6.07) is 3.69. The van der Waals surface area contributed by atoms with Gasteiger partial charge in [0.25, 0.3) is 0 Å². The van der Waals surface area contributed by atoms with Gasteiger partial charge in [-0.25, -0.2) is 4.98 Å². The molecule has 0 aliphatic carbocycles. The van der Waals surface area contributed by atoms with Gasteiger partial charge in [-0.3, -0.25) is 4.79 Å². The Balaban J connectivity index is 2.32. The number of hydrogen-bond donors (Lipinski definition) is 2. The van der Waals surface area contributed by atoms with Crippen LogP contribution in [0.1, 0.15) is 12.5 Å². The lowest BCUT2D eigenvalue weighted by Gasteiger charge is -2.05. The number of rotatable bonds is 5. The Kier molecular flexibility index (Phi) is 5.07. The summed E-state index contributed by atoms with van der Waals surface area (Å²) < 4.78 is 0. The van der Waals surface area contributed by atoms with Crippen molar-refractivity contribution in [3.63, 3.8) is 0 Å². The molecule has 0 aliphatic heterocycles. The maximum absolute atomic E-state index is 11.1. The Bertz CT molecular complexity index is 330. The molecule has 4 nitrogen and oxygen atoms in total. The van der Waals surface area contributed by atoms with Gasteiger partial charge in [-0.2, -0.15) is 0 Å². The molecular formula is C10H14ClN3O. The van der Waals surface area contributed by atoms with Gasteiger partial charge in [0, 0.05) is 24.8 Å². The molecule has 5 heteroatoms. The summed E-state index contributed by atoms with van der Waals surface area (Å²) >= 11 is 5.85. The lowest BCUT2D eigenvalue weighted by Crippen LogP contribution is -2.33. The van der Waals surface area contributed by atoms with Gasteiger partial charge in [0.15, 0.2) is 0 Å². The third kappa shape index (κ3) is 4.27. The van der Waals surface area contributed by atoms with Gasteiger partial charge in [0.05, 0.1) is 6.54 Å². The van der Waals surface area contributed by atoms with Crippen LogP contribution < -0.4 is 10.6 Å².